The molecular weight excluding hydrogens is 256 g/mol. The fourth-order valence-corrected chi connectivity index (χ4v) is 3.34. The molecule has 0 radical (unpaired) electrons. The fourth-order valence-electron chi connectivity index (χ4n) is 1.81. The second-order valence-electron chi connectivity index (χ2n) is 3.89. The van der Waals surface area contributed by atoms with Gasteiger partial charge in [0.1, 0.15) is 13.3 Å². The molecule has 6 heteroatoms. The smallest absolute Gasteiger partial charge is 0.177 e. The molecule has 1 aromatic carbocycles. The molecule has 0 bridgehead atoms. The van der Waals surface area contributed by atoms with Crippen LogP contribution in [0, 0.1) is 0 Å². The number of hydrogen-bond acceptors (Lipinski definition) is 3. The third-order valence-electron chi connectivity index (χ3n) is 2.91. The number of aromatic nitrogens is 3. The number of ether oxygens (including phenoxy) is 1. The largest absolute Gasteiger partial charge is 0.497 e. The maximum Gasteiger partial charge on any atom is 0.177 e. The van der Waals surface area contributed by atoms with Gasteiger partial charge >= 0.3 is 0 Å². The Hall–Kier alpha value is -1.35. The molecule has 1 aromatic heterocycles. The Balaban J connectivity index is 2.29. The van der Waals surface area contributed by atoms with Crippen molar-refractivity contribution in [3.8, 4) is 11.4 Å². The van der Waals surface area contributed by atoms with Gasteiger partial charge in [-0.05, 0) is 38.1 Å². The maximum atomic E-state index is 5.17. The molecular formula is C13H21BN3OP. The van der Waals surface area contributed by atoms with Gasteiger partial charge in [0.05, 0.1) is 19.0 Å². The molecule has 0 N–H and O–H groups in total. The van der Waals surface area contributed by atoms with E-state index in [4.69, 9.17) is 4.74 Å². The highest BCUT2D eigenvalue weighted by molar-refractivity contribution is 8.02. The van der Waals surface area contributed by atoms with Crippen LogP contribution in [0.4, 0.5) is 0 Å². The van der Waals surface area contributed by atoms with Gasteiger partial charge in [-0.2, -0.15) is 0 Å². The first kappa shape index (κ1) is 14.1. The molecule has 0 atom stereocenters. The molecule has 4 nitrogen and oxygen atoms in total. The minimum absolute atomic E-state index is 0.299. The maximum absolute atomic E-state index is 5.17. The summed E-state index contributed by atoms with van der Waals surface area (Å²) >= 11 is 0. The van der Waals surface area contributed by atoms with Gasteiger partial charge < -0.3 is 4.74 Å². The highest BCUT2D eigenvalue weighted by atomic mass is 31.2. The van der Waals surface area contributed by atoms with Gasteiger partial charge in [-0.15, -0.1) is 7.14 Å². The molecule has 0 aliphatic heterocycles. The third-order valence-corrected chi connectivity index (χ3v) is 5.29. The summed E-state index contributed by atoms with van der Waals surface area (Å²) in [7, 11) is 1.11. The zero-order chi connectivity index (χ0) is 13.9. The van der Waals surface area contributed by atoms with Crippen molar-refractivity contribution in [2.45, 2.75) is 13.8 Å². The molecule has 2 rings (SSSR count). The van der Waals surface area contributed by atoms with Crippen LogP contribution in [0.1, 0.15) is 13.8 Å². The van der Waals surface area contributed by atoms with Crippen molar-refractivity contribution in [3.05, 3.63) is 30.5 Å². The summed E-state index contributed by atoms with van der Waals surface area (Å²) in [5, 5.41) is 8.74. The van der Waals surface area contributed by atoms with Crippen molar-refractivity contribution in [1.82, 2.24) is 15.0 Å². The quantitative estimate of drug-likeness (QED) is 0.610. The summed E-state index contributed by atoms with van der Waals surface area (Å²) < 4.78 is 7.06. The number of rotatable bonds is 5. The number of benzene rings is 1. The molecule has 0 saturated heterocycles. The minimum Gasteiger partial charge on any atom is -0.497 e. The van der Waals surface area contributed by atoms with Gasteiger partial charge in [0.2, 0.25) is 0 Å². The van der Waals surface area contributed by atoms with E-state index in [9.17, 15) is 0 Å². The Bertz CT molecular complexity index is 537. The summed E-state index contributed by atoms with van der Waals surface area (Å²) in [5.41, 5.74) is 2.31. The van der Waals surface area contributed by atoms with Gasteiger partial charge in [0, 0.05) is 12.3 Å². The second kappa shape index (κ2) is 5.75. The molecule has 0 spiro atoms. The lowest BCUT2D eigenvalue weighted by molar-refractivity contribution is 0.414. The van der Waals surface area contributed by atoms with Gasteiger partial charge in [0.15, 0.2) is 5.44 Å². The SMILES string of the molecule is [BH3-][P+](CC)(CC)c1cn(-c2ccc(OC)cc2)nn1. The first-order valence-electron chi connectivity index (χ1n) is 6.10. The average Bonchev–Trinajstić information content (AvgIpc) is 2.97. The van der Waals surface area contributed by atoms with Crippen molar-refractivity contribution >= 4 is 20.1 Å². The molecule has 19 heavy (non-hydrogen) atoms. The first-order chi connectivity index (χ1) is 9.12. The Kier molecular flexibility index (Phi) is 4.26. The van der Waals surface area contributed by atoms with Crippen LogP contribution in [0.2, 0.25) is 0 Å². The van der Waals surface area contributed by atoms with Gasteiger partial charge in [-0.1, -0.05) is 10.3 Å². The Morgan fingerprint density at radius 1 is 1.21 bits per heavy atom. The Morgan fingerprint density at radius 2 is 1.84 bits per heavy atom. The number of methoxy groups -OCH3 is 1. The summed E-state index contributed by atoms with van der Waals surface area (Å²) in [6.45, 7) is 4.60. The highest BCUT2D eigenvalue weighted by Gasteiger charge is 2.26. The van der Waals surface area contributed by atoms with Crippen molar-refractivity contribution in [2.75, 3.05) is 19.4 Å². The predicted molar refractivity (Wildman–Crippen MR) is 85.5 cm³/mol. The molecule has 0 saturated carbocycles. The minimum atomic E-state index is -0.868. The summed E-state index contributed by atoms with van der Waals surface area (Å²) in [6, 6.07) is 7.92. The van der Waals surface area contributed by atoms with Crippen LogP contribution in [0.3, 0.4) is 0 Å². The fraction of sp³-hybridized carbons (Fsp3) is 0.385. The number of hydrogen-bond donors (Lipinski definition) is 0. The molecule has 102 valence electrons. The van der Waals surface area contributed by atoms with E-state index < -0.39 is 7.14 Å². The summed E-state index contributed by atoms with van der Waals surface area (Å²) in [6.07, 6.45) is 4.70. The standard InChI is InChI=1S/C13H21BN3OP/c1-4-19(14,5-2)13-10-17(16-15-13)11-6-8-12(18-3)9-7-11/h6-10H,4-5H2,1-3,14H3. The zero-order valence-corrected chi connectivity index (χ0v) is 11.9. The molecule has 0 amide bonds. The second-order valence-corrected chi connectivity index (χ2v) is 6.69. The van der Waals surface area contributed by atoms with E-state index in [1.807, 2.05) is 28.9 Å². The van der Waals surface area contributed by atoms with E-state index in [2.05, 4.69) is 30.4 Å². The Labute approximate surface area is 115 Å². The van der Waals surface area contributed by atoms with Crippen LogP contribution in [0.5, 0.6) is 5.75 Å². The van der Waals surface area contributed by atoms with E-state index in [-0.39, 0.29) is 0 Å². The van der Waals surface area contributed by atoms with Gasteiger partial charge in [-0.25, -0.2) is 4.68 Å². The van der Waals surface area contributed by atoms with Crippen molar-refractivity contribution in [3.63, 3.8) is 0 Å². The van der Waals surface area contributed by atoms with Crippen molar-refractivity contribution < 1.29 is 4.74 Å². The lowest BCUT2D eigenvalue weighted by atomic mass is 10.3. The molecule has 0 fully saturated rings. The monoisotopic (exact) mass is 277 g/mol. The van der Waals surface area contributed by atoms with E-state index in [1.165, 1.54) is 17.8 Å². The van der Waals surface area contributed by atoms with Crippen LogP contribution in [0.25, 0.3) is 5.69 Å². The molecule has 0 aliphatic carbocycles. The van der Waals surface area contributed by atoms with E-state index in [1.54, 1.807) is 7.11 Å². The summed E-state index contributed by atoms with van der Waals surface area (Å²) in [4.78, 5) is 0. The van der Waals surface area contributed by atoms with Crippen LogP contribution >= 0.6 is 7.14 Å². The van der Waals surface area contributed by atoms with Crippen LogP contribution in [-0.2, 0) is 0 Å². The molecule has 0 aliphatic rings. The first-order valence-corrected chi connectivity index (χ1v) is 7.81. The van der Waals surface area contributed by atoms with Gasteiger partial charge in [-0.3, -0.25) is 0 Å². The molecule has 1 heterocycles. The lowest BCUT2D eigenvalue weighted by Crippen LogP contribution is -2.16. The predicted octanol–water partition coefficient (Wildman–Crippen LogP) is 1.24. The molecule has 2 aromatic rings. The highest BCUT2D eigenvalue weighted by Crippen LogP contribution is 2.50. The summed E-state index contributed by atoms with van der Waals surface area (Å²) in [5.74, 6) is 0.863. The molecule has 0 unspecified atom stereocenters. The Morgan fingerprint density at radius 3 is 2.37 bits per heavy atom. The van der Waals surface area contributed by atoms with E-state index in [0.29, 0.717) is 7.57 Å². The van der Waals surface area contributed by atoms with Crippen LogP contribution < -0.4 is 10.2 Å². The normalized spacial score (nSPS) is 11.6. The van der Waals surface area contributed by atoms with E-state index >= 15 is 0 Å². The topological polar surface area (TPSA) is 39.9 Å². The number of nitrogens with zero attached hydrogens (tertiary/aromatic N) is 3. The van der Waals surface area contributed by atoms with E-state index in [0.717, 1.165) is 11.4 Å². The zero-order valence-electron chi connectivity index (χ0n) is 11.0. The van der Waals surface area contributed by atoms with Crippen molar-refractivity contribution in [2.24, 2.45) is 0 Å². The third kappa shape index (κ3) is 2.81. The average molecular weight is 277 g/mol. The van der Waals surface area contributed by atoms with Gasteiger partial charge in [0.25, 0.3) is 0 Å². The lowest BCUT2D eigenvalue weighted by Gasteiger charge is -2.22. The van der Waals surface area contributed by atoms with Crippen LogP contribution in [0.15, 0.2) is 30.5 Å². The van der Waals surface area contributed by atoms with Crippen LogP contribution in [-0.4, -0.2) is 42.0 Å². The van der Waals surface area contributed by atoms with Crippen molar-refractivity contribution in [1.29, 1.82) is 0 Å².